The molecule has 0 radical (unpaired) electrons. The minimum absolute atomic E-state index is 0.0893. The maximum atomic E-state index is 13.6. The van der Waals surface area contributed by atoms with E-state index in [4.69, 9.17) is 0 Å². The van der Waals surface area contributed by atoms with Gasteiger partial charge in [-0.15, -0.1) is 0 Å². The molecule has 1 aromatic carbocycles. The zero-order valence-corrected chi connectivity index (χ0v) is 18.1. The SMILES string of the molecule is CC(=O)C1=C(O)C2(O)C(=O)C3=C(O)c4c(cc(C)c(C)c4O)C(C)C3C(C)C2CC1=O. The standard InChI is InChI=1S/C24H26O7/c1-8-6-13-10(3)16-11(4)14-7-15(26)17(12(5)25)22(29)24(14,31)23(30)19(16)21(28)18(13)20(27)9(8)2/h6,10-11,14,16,27-29,31H,7H2,1-5H3. The Bertz CT molecular complexity index is 1140. The van der Waals surface area contributed by atoms with Crippen LogP contribution in [0.3, 0.4) is 0 Å². The van der Waals surface area contributed by atoms with Crippen molar-refractivity contribution < 1.29 is 34.8 Å². The number of carbonyl (C=O) groups is 3. The molecule has 0 spiro atoms. The molecule has 1 aromatic rings. The fourth-order valence-corrected chi connectivity index (χ4v) is 5.85. The van der Waals surface area contributed by atoms with Crippen molar-refractivity contribution in [2.75, 3.05) is 0 Å². The van der Waals surface area contributed by atoms with Crippen molar-refractivity contribution in [1.82, 2.24) is 0 Å². The maximum absolute atomic E-state index is 13.6. The molecule has 164 valence electrons. The quantitative estimate of drug-likeness (QED) is 0.508. The van der Waals surface area contributed by atoms with Crippen LogP contribution in [0.4, 0.5) is 0 Å². The van der Waals surface area contributed by atoms with E-state index in [-0.39, 0.29) is 29.2 Å². The van der Waals surface area contributed by atoms with Crippen molar-refractivity contribution in [3.63, 3.8) is 0 Å². The molecule has 7 heteroatoms. The van der Waals surface area contributed by atoms with Gasteiger partial charge in [0.25, 0.3) is 0 Å². The van der Waals surface area contributed by atoms with E-state index in [0.717, 1.165) is 12.5 Å². The lowest BCUT2D eigenvalue weighted by Gasteiger charge is -2.51. The summed E-state index contributed by atoms with van der Waals surface area (Å²) in [5.74, 6) is -6.05. The third kappa shape index (κ3) is 2.47. The number of fused-ring (bicyclic) bond motifs is 3. The van der Waals surface area contributed by atoms with Gasteiger partial charge in [0.15, 0.2) is 17.2 Å². The Morgan fingerprint density at radius 2 is 1.74 bits per heavy atom. The van der Waals surface area contributed by atoms with Gasteiger partial charge < -0.3 is 20.4 Å². The van der Waals surface area contributed by atoms with Gasteiger partial charge in [-0.2, -0.15) is 0 Å². The van der Waals surface area contributed by atoms with Gasteiger partial charge in [-0.3, -0.25) is 14.4 Å². The maximum Gasteiger partial charge on any atom is 0.202 e. The largest absolute Gasteiger partial charge is 0.508 e. The summed E-state index contributed by atoms with van der Waals surface area (Å²) in [5, 5.41) is 44.0. The number of hydrogen-bond acceptors (Lipinski definition) is 7. The second kappa shape index (κ2) is 6.53. The monoisotopic (exact) mass is 426 g/mol. The van der Waals surface area contributed by atoms with Crippen LogP contribution in [0.25, 0.3) is 5.76 Å². The molecule has 7 nitrogen and oxygen atoms in total. The van der Waals surface area contributed by atoms with E-state index >= 15 is 0 Å². The molecular formula is C24H26O7. The minimum Gasteiger partial charge on any atom is -0.508 e. The highest BCUT2D eigenvalue weighted by molar-refractivity contribution is 6.23. The number of Topliss-reactive ketones (excluding diaryl/α,β-unsaturated/α-hetero) is 3. The van der Waals surface area contributed by atoms with Crippen molar-refractivity contribution in [3.05, 3.63) is 45.2 Å². The molecule has 0 bridgehead atoms. The van der Waals surface area contributed by atoms with Crippen molar-refractivity contribution in [3.8, 4) is 5.75 Å². The van der Waals surface area contributed by atoms with Crippen LogP contribution in [0.5, 0.6) is 5.75 Å². The van der Waals surface area contributed by atoms with Crippen LogP contribution in [-0.4, -0.2) is 43.4 Å². The highest BCUT2D eigenvalue weighted by Crippen LogP contribution is 2.58. The molecule has 3 aliphatic rings. The van der Waals surface area contributed by atoms with Gasteiger partial charge in [0.2, 0.25) is 5.78 Å². The first-order valence-corrected chi connectivity index (χ1v) is 10.4. The lowest BCUT2D eigenvalue weighted by molar-refractivity contribution is -0.152. The molecule has 0 heterocycles. The molecule has 4 N–H and O–H groups in total. The Morgan fingerprint density at radius 1 is 1.13 bits per heavy atom. The van der Waals surface area contributed by atoms with Crippen LogP contribution >= 0.6 is 0 Å². The van der Waals surface area contributed by atoms with Gasteiger partial charge in [-0.05, 0) is 49.3 Å². The summed E-state index contributed by atoms with van der Waals surface area (Å²) in [6, 6.07) is 1.87. The number of hydrogen-bond donors (Lipinski definition) is 4. The average Bonchev–Trinajstić information content (AvgIpc) is 2.69. The molecular weight excluding hydrogens is 400 g/mol. The van der Waals surface area contributed by atoms with Gasteiger partial charge in [-0.1, -0.05) is 19.9 Å². The molecule has 1 saturated carbocycles. The third-order valence-corrected chi connectivity index (χ3v) is 7.66. The first-order chi connectivity index (χ1) is 14.3. The molecule has 0 aromatic heterocycles. The summed E-state index contributed by atoms with van der Waals surface area (Å²) < 4.78 is 0. The third-order valence-electron chi connectivity index (χ3n) is 7.66. The lowest BCUT2D eigenvalue weighted by atomic mass is 9.52. The van der Waals surface area contributed by atoms with E-state index < -0.39 is 57.8 Å². The summed E-state index contributed by atoms with van der Waals surface area (Å²) >= 11 is 0. The second-order valence-corrected chi connectivity index (χ2v) is 9.18. The number of phenols is 1. The number of aryl methyl sites for hydroxylation is 1. The second-order valence-electron chi connectivity index (χ2n) is 9.18. The van der Waals surface area contributed by atoms with E-state index in [1.165, 1.54) is 0 Å². The van der Waals surface area contributed by atoms with E-state index in [0.29, 0.717) is 11.1 Å². The van der Waals surface area contributed by atoms with Crippen molar-refractivity contribution >= 4 is 23.1 Å². The van der Waals surface area contributed by atoms with Crippen molar-refractivity contribution in [1.29, 1.82) is 0 Å². The fourth-order valence-electron chi connectivity index (χ4n) is 5.85. The van der Waals surface area contributed by atoms with E-state index in [1.807, 2.05) is 19.9 Å². The number of aliphatic hydroxyl groups excluding tert-OH is 2. The van der Waals surface area contributed by atoms with E-state index in [2.05, 4.69) is 0 Å². The Hall–Kier alpha value is -2.93. The van der Waals surface area contributed by atoms with Crippen LogP contribution in [0, 0.1) is 31.6 Å². The number of ketones is 3. The zero-order valence-electron chi connectivity index (χ0n) is 18.1. The highest BCUT2D eigenvalue weighted by atomic mass is 16.3. The number of aromatic hydroxyl groups is 1. The van der Waals surface area contributed by atoms with Crippen LogP contribution in [0.1, 0.15) is 55.4 Å². The number of phenolic OH excluding ortho intramolecular Hbond substituents is 1. The summed E-state index contributed by atoms with van der Waals surface area (Å²) in [6.45, 7) is 8.28. The molecule has 5 unspecified atom stereocenters. The molecule has 5 atom stereocenters. The zero-order chi connectivity index (χ0) is 23.2. The predicted molar refractivity (Wildman–Crippen MR) is 112 cm³/mol. The first kappa shape index (κ1) is 21.3. The fraction of sp³-hybridized carbons (Fsp3) is 0.458. The van der Waals surface area contributed by atoms with Gasteiger partial charge in [0.1, 0.15) is 22.8 Å². The number of benzene rings is 1. The number of carbonyl (C=O) groups excluding carboxylic acids is 3. The minimum atomic E-state index is -2.49. The number of aliphatic hydroxyl groups is 3. The van der Waals surface area contributed by atoms with Crippen LogP contribution in [-0.2, 0) is 14.4 Å². The molecule has 0 saturated heterocycles. The van der Waals surface area contributed by atoms with E-state index in [1.54, 1.807) is 13.8 Å². The highest BCUT2D eigenvalue weighted by Gasteiger charge is 2.63. The summed E-state index contributed by atoms with van der Waals surface area (Å²) in [7, 11) is 0. The summed E-state index contributed by atoms with van der Waals surface area (Å²) in [6.07, 6.45) is -0.259. The molecule has 31 heavy (non-hydrogen) atoms. The molecule has 4 rings (SSSR count). The van der Waals surface area contributed by atoms with Crippen molar-refractivity contribution in [2.45, 2.75) is 52.6 Å². The topological polar surface area (TPSA) is 132 Å². The normalized spacial score (nSPS) is 32.6. The summed E-state index contributed by atoms with van der Waals surface area (Å²) in [5.41, 5.74) is -0.917. The van der Waals surface area contributed by atoms with Gasteiger partial charge in [0, 0.05) is 23.8 Å². The van der Waals surface area contributed by atoms with Gasteiger partial charge in [-0.25, -0.2) is 0 Å². The number of allylic oxidation sites excluding steroid dienone is 1. The van der Waals surface area contributed by atoms with Crippen LogP contribution in [0.2, 0.25) is 0 Å². The number of rotatable bonds is 1. The summed E-state index contributed by atoms with van der Waals surface area (Å²) in [4.78, 5) is 38.1. The van der Waals surface area contributed by atoms with Crippen LogP contribution in [0.15, 0.2) is 23.0 Å². The molecule has 1 fully saturated rings. The van der Waals surface area contributed by atoms with Gasteiger partial charge in [0.05, 0.1) is 5.56 Å². The molecule has 0 amide bonds. The van der Waals surface area contributed by atoms with E-state index in [9.17, 15) is 34.8 Å². The predicted octanol–water partition coefficient (Wildman–Crippen LogP) is 2.95. The molecule has 3 aliphatic carbocycles. The van der Waals surface area contributed by atoms with Crippen molar-refractivity contribution in [2.24, 2.45) is 17.8 Å². The van der Waals surface area contributed by atoms with Crippen LogP contribution < -0.4 is 0 Å². The average molecular weight is 426 g/mol. The Labute approximate surface area is 179 Å². The Kier molecular flexibility index (Phi) is 4.49. The lowest BCUT2D eigenvalue weighted by Crippen LogP contribution is -2.61. The molecule has 0 aliphatic heterocycles. The Morgan fingerprint density at radius 3 is 2.32 bits per heavy atom. The smallest absolute Gasteiger partial charge is 0.202 e. The Balaban J connectivity index is 2.04. The first-order valence-electron chi connectivity index (χ1n) is 10.4. The van der Waals surface area contributed by atoms with Gasteiger partial charge >= 0.3 is 0 Å².